The second-order valence-corrected chi connectivity index (χ2v) is 7.59. The minimum atomic E-state index is -0.340. The first kappa shape index (κ1) is 20.0. The molecule has 0 bridgehead atoms. The van der Waals surface area contributed by atoms with E-state index in [0.717, 1.165) is 25.9 Å². The molecule has 1 unspecified atom stereocenters. The Hall–Kier alpha value is -1.30. The quantitative estimate of drug-likeness (QED) is 0.843. The fraction of sp³-hybridized carbons (Fsp3) is 0.556. The number of nitrogens with one attached hydrogen (secondary N) is 1. The molecule has 1 aliphatic rings. The Labute approximate surface area is 159 Å². The van der Waals surface area contributed by atoms with Gasteiger partial charge in [-0.3, -0.25) is 14.5 Å². The van der Waals surface area contributed by atoms with E-state index in [1.807, 2.05) is 11.8 Å². The van der Waals surface area contributed by atoms with Crippen LogP contribution in [-0.2, 0) is 9.59 Å². The zero-order valence-corrected chi connectivity index (χ0v) is 16.4. The van der Waals surface area contributed by atoms with Crippen LogP contribution in [0.15, 0.2) is 18.2 Å². The average Bonchev–Trinajstić information content (AvgIpc) is 2.57. The van der Waals surface area contributed by atoms with Crippen molar-refractivity contribution < 1.29 is 9.59 Å². The molecule has 138 valence electrons. The van der Waals surface area contributed by atoms with E-state index < -0.39 is 0 Å². The zero-order valence-electron chi connectivity index (χ0n) is 14.9. The summed E-state index contributed by atoms with van der Waals surface area (Å²) in [5, 5.41) is 3.59. The molecule has 25 heavy (non-hydrogen) atoms. The molecule has 2 amide bonds. The lowest BCUT2D eigenvalue weighted by atomic mass is 9.99. The molecule has 0 aliphatic carbocycles. The van der Waals surface area contributed by atoms with Gasteiger partial charge in [-0.1, -0.05) is 30.1 Å². The Morgan fingerprint density at radius 1 is 1.28 bits per heavy atom. The Kier molecular flexibility index (Phi) is 7.11. The summed E-state index contributed by atoms with van der Waals surface area (Å²) in [6, 6.07) is 4.58. The van der Waals surface area contributed by atoms with Gasteiger partial charge in [0.1, 0.15) is 0 Å². The molecule has 1 aliphatic heterocycles. The van der Waals surface area contributed by atoms with E-state index in [-0.39, 0.29) is 24.4 Å². The Bertz CT molecular complexity index is 631. The van der Waals surface area contributed by atoms with Gasteiger partial charge in [-0.25, -0.2) is 0 Å². The number of carbonyl (C=O) groups excluding carboxylic acids is 2. The van der Waals surface area contributed by atoms with Crippen LogP contribution < -0.4 is 5.32 Å². The number of piperidine rings is 1. The summed E-state index contributed by atoms with van der Waals surface area (Å²) in [4.78, 5) is 28.5. The van der Waals surface area contributed by atoms with Gasteiger partial charge in [-0.15, -0.1) is 0 Å². The topological polar surface area (TPSA) is 52.7 Å². The summed E-state index contributed by atoms with van der Waals surface area (Å²) in [7, 11) is 1.78. The lowest BCUT2D eigenvalue weighted by Gasteiger charge is -2.34. The number of likely N-dealkylation sites (tertiary alicyclic amines) is 1. The number of benzene rings is 1. The molecule has 2 rings (SSSR count). The number of likely N-dealkylation sites (N-methyl/N-ethyl adjacent to an activating group) is 1. The van der Waals surface area contributed by atoms with Crippen molar-refractivity contribution in [1.82, 2.24) is 9.80 Å². The maximum atomic E-state index is 12.6. The fourth-order valence-electron chi connectivity index (χ4n) is 2.82. The lowest BCUT2D eigenvalue weighted by molar-refractivity contribution is -0.137. The summed E-state index contributed by atoms with van der Waals surface area (Å²) in [5.41, 5.74) is 0.580. The molecule has 5 nitrogen and oxygen atoms in total. The van der Waals surface area contributed by atoms with Crippen LogP contribution in [0.5, 0.6) is 0 Å². The fourth-order valence-corrected chi connectivity index (χ4v) is 3.12. The highest BCUT2D eigenvalue weighted by molar-refractivity contribution is 6.42. The normalized spacial score (nSPS) is 16.8. The molecule has 0 aromatic heterocycles. The van der Waals surface area contributed by atoms with Gasteiger partial charge in [-0.2, -0.15) is 0 Å². The van der Waals surface area contributed by atoms with E-state index in [2.05, 4.69) is 12.2 Å². The Balaban J connectivity index is 1.86. The minimum absolute atomic E-state index is 0.0803. The van der Waals surface area contributed by atoms with E-state index >= 15 is 0 Å². The first-order valence-corrected chi connectivity index (χ1v) is 9.27. The predicted octanol–water partition coefficient (Wildman–Crippen LogP) is 3.51. The second kappa shape index (κ2) is 8.88. The number of rotatable bonds is 5. The van der Waals surface area contributed by atoms with E-state index in [9.17, 15) is 9.59 Å². The van der Waals surface area contributed by atoms with Crippen LogP contribution in [0.3, 0.4) is 0 Å². The van der Waals surface area contributed by atoms with E-state index in [1.54, 1.807) is 30.1 Å². The van der Waals surface area contributed by atoms with Gasteiger partial charge in [0.25, 0.3) is 0 Å². The molecule has 1 aromatic rings. The van der Waals surface area contributed by atoms with Crippen molar-refractivity contribution in [3.8, 4) is 0 Å². The molecule has 1 fully saturated rings. The molecular weight excluding hydrogens is 361 g/mol. The highest BCUT2D eigenvalue weighted by Gasteiger charge is 2.27. The number of amides is 2. The summed E-state index contributed by atoms with van der Waals surface area (Å²) >= 11 is 11.8. The van der Waals surface area contributed by atoms with Crippen LogP contribution in [-0.4, -0.2) is 54.3 Å². The van der Waals surface area contributed by atoms with Crippen molar-refractivity contribution in [2.75, 3.05) is 32.0 Å². The van der Waals surface area contributed by atoms with Crippen molar-refractivity contribution in [2.24, 2.45) is 5.92 Å². The van der Waals surface area contributed by atoms with Crippen molar-refractivity contribution in [3.63, 3.8) is 0 Å². The van der Waals surface area contributed by atoms with Crippen molar-refractivity contribution in [2.45, 2.75) is 32.7 Å². The van der Waals surface area contributed by atoms with Gasteiger partial charge in [0.05, 0.1) is 22.6 Å². The van der Waals surface area contributed by atoms with Crippen molar-refractivity contribution in [1.29, 1.82) is 0 Å². The van der Waals surface area contributed by atoms with Gasteiger partial charge in [0, 0.05) is 18.8 Å². The van der Waals surface area contributed by atoms with Crippen LogP contribution in [0.4, 0.5) is 5.69 Å². The molecule has 1 N–H and O–H groups in total. The predicted molar refractivity (Wildman–Crippen MR) is 102 cm³/mol. The average molecular weight is 386 g/mol. The molecule has 1 heterocycles. The highest BCUT2D eigenvalue weighted by Crippen LogP contribution is 2.25. The number of halogens is 2. The minimum Gasteiger partial charge on any atom is -0.341 e. The van der Waals surface area contributed by atoms with Crippen LogP contribution in [0.1, 0.15) is 26.7 Å². The third-order valence-electron chi connectivity index (χ3n) is 4.71. The van der Waals surface area contributed by atoms with Crippen LogP contribution >= 0.6 is 23.2 Å². The maximum Gasteiger partial charge on any atom is 0.239 e. The molecule has 1 atom stereocenters. The number of hydrogen-bond donors (Lipinski definition) is 1. The molecule has 7 heteroatoms. The molecule has 0 saturated carbocycles. The van der Waals surface area contributed by atoms with Crippen molar-refractivity contribution >= 4 is 40.7 Å². The summed E-state index contributed by atoms with van der Waals surface area (Å²) in [6.45, 7) is 5.77. The SMILES string of the molecule is CC1CCN(C(=O)C(C)N(C)CC(=O)Nc2ccc(Cl)c(Cl)c2)CC1. The van der Waals surface area contributed by atoms with E-state index in [0.29, 0.717) is 21.7 Å². The number of carbonyl (C=O) groups is 2. The monoisotopic (exact) mass is 385 g/mol. The third-order valence-corrected chi connectivity index (χ3v) is 5.45. The highest BCUT2D eigenvalue weighted by atomic mass is 35.5. The molecule has 0 spiro atoms. The van der Waals surface area contributed by atoms with E-state index in [1.165, 1.54) is 0 Å². The summed E-state index contributed by atoms with van der Waals surface area (Å²) in [5.74, 6) is 0.554. The second-order valence-electron chi connectivity index (χ2n) is 6.78. The first-order chi connectivity index (χ1) is 11.8. The standard InChI is InChI=1S/C18H25Cl2N3O2/c1-12-6-8-23(9-7-12)18(25)13(2)22(3)11-17(24)21-14-4-5-15(19)16(20)10-14/h4-5,10,12-13H,6-9,11H2,1-3H3,(H,21,24). The van der Waals surface area contributed by atoms with Crippen molar-refractivity contribution in [3.05, 3.63) is 28.2 Å². The Morgan fingerprint density at radius 2 is 1.92 bits per heavy atom. The number of hydrogen-bond acceptors (Lipinski definition) is 3. The molecular formula is C18H25Cl2N3O2. The number of anilines is 1. The molecule has 1 saturated heterocycles. The third kappa shape index (κ3) is 5.59. The molecule has 1 aromatic carbocycles. The van der Waals surface area contributed by atoms with Gasteiger partial charge < -0.3 is 10.2 Å². The number of nitrogens with zero attached hydrogens (tertiary/aromatic N) is 2. The Morgan fingerprint density at radius 3 is 2.52 bits per heavy atom. The van der Waals surface area contributed by atoms with Gasteiger partial charge in [0.2, 0.25) is 11.8 Å². The largest absolute Gasteiger partial charge is 0.341 e. The first-order valence-electron chi connectivity index (χ1n) is 8.52. The van der Waals surface area contributed by atoms with E-state index in [4.69, 9.17) is 23.2 Å². The van der Waals surface area contributed by atoms with Gasteiger partial charge in [-0.05, 0) is 50.9 Å². The van der Waals surface area contributed by atoms with Gasteiger partial charge >= 0.3 is 0 Å². The zero-order chi connectivity index (χ0) is 18.6. The van der Waals surface area contributed by atoms with Gasteiger partial charge in [0.15, 0.2) is 0 Å². The lowest BCUT2D eigenvalue weighted by Crippen LogP contribution is -2.49. The maximum absolute atomic E-state index is 12.6. The summed E-state index contributed by atoms with van der Waals surface area (Å²) < 4.78 is 0. The smallest absolute Gasteiger partial charge is 0.239 e. The van der Waals surface area contributed by atoms with Crippen LogP contribution in [0, 0.1) is 5.92 Å². The summed E-state index contributed by atoms with van der Waals surface area (Å²) in [6.07, 6.45) is 2.08. The van der Waals surface area contributed by atoms with Crippen LogP contribution in [0.2, 0.25) is 10.0 Å². The molecule has 0 radical (unpaired) electrons. The van der Waals surface area contributed by atoms with Crippen LogP contribution in [0.25, 0.3) is 0 Å².